The molecular formula is C32H36Si. The molecule has 168 valence electrons. The van der Waals surface area contributed by atoms with E-state index in [9.17, 15) is 0 Å². The van der Waals surface area contributed by atoms with Crippen LogP contribution in [0.5, 0.6) is 0 Å². The van der Waals surface area contributed by atoms with Gasteiger partial charge in [-0.2, -0.15) is 0 Å². The molecular weight excluding hydrogens is 412 g/mol. The fourth-order valence-corrected chi connectivity index (χ4v) is 10.9. The first-order valence-electron chi connectivity index (χ1n) is 12.0. The molecule has 0 saturated carbocycles. The van der Waals surface area contributed by atoms with Gasteiger partial charge >= 0.3 is 0 Å². The molecule has 0 N–H and O–H groups in total. The highest BCUT2D eigenvalue weighted by Gasteiger charge is 2.46. The number of benzene rings is 4. The van der Waals surface area contributed by atoms with Crippen LogP contribution in [0.2, 0.25) is 0 Å². The molecule has 0 aromatic heterocycles. The molecule has 0 aliphatic heterocycles. The Morgan fingerprint density at radius 3 is 1.03 bits per heavy atom. The van der Waals surface area contributed by atoms with Gasteiger partial charge in [0.1, 0.15) is 0 Å². The topological polar surface area (TPSA) is 0 Å². The van der Waals surface area contributed by atoms with Crippen LogP contribution in [0.4, 0.5) is 0 Å². The summed E-state index contributed by atoms with van der Waals surface area (Å²) < 4.78 is 0. The lowest BCUT2D eigenvalue weighted by Crippen LogP contribution is -2.76. The van der Waals surface area contributed by atoms with E-state index in [1.165, 1.54) is 31.9 Å². The highest BCUT2D eigenvalue weighted by atomic mass is 28.3. The van der Waals surface area contributed by atoms with Gasteiger partial charge in [0.15, 0.2) is 8.07 Å². The van der Waals surface area contributed by atoms with E-state index in [4.69, 9.17) is 0 Å². The van der Waals surface area contributed by atoms with Gasteiger partial charge in [0.05, 0.1) is 0 Å². The van der Waals surface area contributed by atoms with Crippen molar-refractivity contribution in [1.29, 1.82) is 0 Å². The smallest absolute Gasteiger partial charge is 0.0623 e. The minimum Gasteiger partial charge on any atom is -0.0623 e. The fraction of sp³-hybridized carbons (Fsp3) is 0.250. The van der Waals surface area contributed by atoms with Crippen molar-refractivity contribution >= 4 is 28.8 Å². The first-order valence-corrected chi connectivity index (χ1v) is 14.0. The molecule has 1 heteroatoms. The summed E-state index contributed by atoms with van der Waals surface area (Å²) in [7, 11) is -2.61. The minimum atomic E-state index is -2.61. The van der Waals surface area contributed by atoms with E-state index < -0.39 is 8.07 Å². The van der Waals surface area contributed by atoms with Gasteiger partial charge in [0, 0.05) is 0 Å². The van der Waals surface area contributed by atoms with E-state index in [2.05, 4.69) is 151 Å². The van der Waals surface area contributed by atoms with Gasteiger partial charge in [0.25, 0.3) is 0 Å². The quantitative estimate of drug-likeness (QED) is 0.279. The first-order chi connectivity index (χ1) is 15.7. The van der Waals surface area contributed by atoms with E-state index in [1.807, 2.05) is 0 Å². The standard InChI is InChI=1S/C32H36Si/c1-31(2,3)27-21-13-15-23-29(27)33(25-17-9-7-10-18-25,26-19-11-8-12-20-26)30-24-16-14-22-28(30)32(4,5)6/h7-24H,1-6H3. The van der Waals surface area contributed by atoms with Crippen LogP contribution in [0.3, 0.4) is 0 Å². The van der Waals surface area contributed by atoms with E-state index in [0.29, 0.717) is 0 Å². The molecule has 0 aliphatic carbocycles. The zero-order valence-corrected chi connectivity index (χ0v) is 21.9. The molecule has 0 spiro atoms. The van der Waals surface area contributed by atoms with Crippen LogP contribution < -0.4 is 20.7 Å². The molecule has 0 unspecified atom stereocenters. The summed E-state index contributed by atoms with van der Waals surface area (Å²) in [6.45, 7) is 14.1. The average Bonchev–Trinajstić information content (AvgIpc) is 2.80. The molecule has 0 saturated heterocycles. The Morgan fingerprint density at radius 2 is 0.697 bits per heavy atom. The van der Waals surface area contributed by atoms with Crippen LogP contribution >= 0.6 is 0 Å². The lowest BCUT2D eigenvalue weighted by molar-refractivity contribution is 0.593. The molecule has 0 fully saturated rings. The summed E-state index contributed by atoms with van der Waals surface area (Å²) in [5, 5.41) is 5.85. The first kappa shape index (κ1) is 23.3. The Kier molecular flexibility index (Phi) is 6.20. The van der Waals surface area contributed by atoms with Crippen molar-refractivity contribution in [3.05, 3.63) is 120 Å². The fourth-order valence-electron chi connectivity index (χ4n) is 5.24. The Bertz CT molecular complexity index is 1110. The summed E-state index contributed by atoms with van der Waals surface area (Å²) in [5.74, 6) is 0. The Balaban J connectivity index is 2.27. The van der Waals surface area contributed by atoms with Gasteiger partial charge in [-0.15, -0.1) is 0 Å². The van der Waals surface area contributed by atoms with Crippen molar-refractivity contribution < 1.29 is 0 Å². The molecule has 0 amide bonds. The van der Waals surface area contributed by atoms with Crippen molar-refractivity contribution in [2.24, 2.45) is 0 Å². The van der Waals surface area contributed by atoms with Gasteiger partial charge in [-0.3, -0.25) is 0 Å². The van der Waals surface area contributed by atoms with Crippen molar-refractivity contribution in [3.8, 4) is 0 Å². The molecule has 0 atom stereocenters. The van der Waals surface area contributed by atoms with Crippen LogP contribution in [-0.4, -0.2) is 8.07 Å². The van der Waals surface area contributed by atoms with Crippen LogP contribution in [0.1, 0.15) is 52.7 Å². The number of hydrogen-bond donors (Lipinski definition) is 0. The summed E-state index contributed by atoms with van der Waals surface area (Å²) in [6, 6.07) is 40.9. The highest BCUT2D eigenvalue weighted by molar-refractivity contribution is 7.20. The highest BCUT2D eigenvalue weighted by Crippen LogP contribution is 2.27. The molecule has 4 aromatic rings. The second-order valence-electron chi connectivity index (χ2n) is 11.1. The average molecular weight is 449 g/mol. The van der Waals surface area contributed by atoms with E-state index >= 15 is 0 Å². The van der Waals surface area contributed by atoms with E-state index in [-0.39, 0.29) is 10.8 Å². The lowest BCUT2D eigenvalue weighted by Gasteiger charge is -2.41. The van der Waals surface area contributed by atoms with Crippen LogP contribution in [0, 0.1) is 0 Å². The van der Waals surface area contributed by atoms with Gasteiger partial charge in [-0.05, 0) is 42.7 Å². The van der Waals surface area contributed by atoms with Crippen LogP contribution in [0.25, 0.3) is 0 Å². The predicted molar refractivity (Wildman–Crippen MR) is 147 cm³/mol. The molecule has 0 aliphatic rings. The van der Waals surface area contributed by atoms with Crippen molar-refractivity contribution in [2.45, 2.75) is 52.4 Å². The largest absolute Gasteiger partial charge is 0.180 e. The third kappa shape index (κ3) is 4.23. The third-order valence-electron chi connectivity index (χ3n) is 6.69. The normalized spacial score (nSPS) is 12.5. The maximum absolute atomic E-state index is 2.61. The Morgan fingerprint density at radius 1 is 0.394 bits per heavy atom. The van der Waals surface area contributed by atoms with Gasteiger partial charge < -0.3 is 0 Å². The summed E-state index contributed by atoms with van der Waals surface area (Å²) in [4.78, 5) is 0. The molecule has 4 rings (SSSR count). The zero-order chi connectivity index (χ0) is 23.7. The van der Waals surface area contributed by atoms with Crippen molar-refractivity contribution in [2.75, 3.05) is 0 Å². The summed E-state index contributed by atoms with van der Waals surface area (Å²) >= 11 is 0. The lowest BCUT2D eigenvalue weighted by atomic mass is 9.87. The minimum absolute atomic E-state index is 0.0368. The second-order valence-corrected chi connectivity index (χ2v) is 14.8. The van der Waals surface area contributed by atoms with Gasteiger partial charge in [-0.25, -0.2) is 0 Å². The molecule has 33 heavy (non-hydrogen) atoms. The number of rotatable bonds is 4. The molecule has 0 heterocycles. The zero-order valence-electron chi connectivity index (χ0n) is 20.9. The van der Waals surface area contributed by atoms with Gasteiger partial charge in [0.2, 0.25) is 0 Å². The van der Waals surface area contributed by atoms with Gasteiger partial charge in [-0.1, -0.05) is 151 Å². The maximum Gasteiger partial charge on any atom is 0.180 e. The second kappa shape index (κ2) is 8.80. The third-order valence-corrected chi connectivity index (χ3v) is 11.6. The van der Waals surface area contributed by atoms with Crippen LogP contribution in [0.15, 0.2) is 109 Å². The van der Waals surface area contributed by atoms with E-state index in [1.54, 1.807) is 0 Å². The van der Waals surface area contributed by atoms with Crippen molar-refractivity contribution in [3.63, 3.8) is 0 Å². The van der Waals surface area contributed by atoms with Crippen molar-refractivity contribution in [1.82, 2.24) is 0 Å². The SMILES string of the molecule is CC(C)(C)c1ccccc1[Si](c1ccccc1)(c1ccccc1)c1ccccc1C(C)(C)C. The predicted octanol–water partition coefficient (Wildman–Crippen LogP) is 5.66. The summed E-state index contributed by atoms with van der Waals surface area (Å²) in [6.07, 6.45) is 0. The van der Waals surface area contributed by atoms with Crippen LogP contribution in [-0.2, 0) is 10.8 Å². The Hall–Kier alpha value is -2.90. The summed E-state index contributed by atoms with van der Waals surface area (Å²) in [5.41, 5.74) is 2.95. The maximum atomic E-state index is 2.41. The number of hydrogen-bond acceptors (Lipinski definition) is 0. The Labute approximate surface area is 201 Å². The molecule has 0 bridgehead atoms. The monoisotopic (exact) mass is 448 g/mol. The molecule has 0 nitrogen and oxygen atoms in total. The molecule has 4 aromatic carbocycles. The molecule has 0 radical (unpaired) electrons. The van der Waals surface area contributed by atoms with E-state index in [0.717, 1.165) is 0 Å².